The van der Waals surface area contributed by atoms with Crippen LogP contribution in [0.4, 0.5) is 0 Å². The number of benzene rings is 1. The highest BCUT2D eigenvalue weighted by atomic mass is 16.6. The average molecular weight is 349 g/mol. The maximum Gasteiger partial charge on any atom is 0.340 e. The largest absolute Gasteiger partial charge is 0.452 e. The van der Waals surface area contributed by atoms with Crippen LogP contribution in [-0.2, 0) is 18.4 Å². The van der Waals surface area contributed by atoms with E-state index in [-0.39, 0.29) is 12.5 Å². The zero-order valence-corrected chi connectivity index (χ0v) is 14.2. The van der Waals surface area contributed by atoms with E-state index in [0.29, 0.717) is 17.0 Å². The Balaban J connectivity index is 1.47. The third-order valence-corrected chi connectivity index (χ3v) is 3.93. The molecule has 3 aromatic heterocycles. The van der Waals surface area contributed by atoms with Gasteiger partial charge in [-0.1, -0.05) is 35.5 Å². The number of carbonyl (C=O) groups is 1. The number of rotatable bonds is 4. The van der Waals surface area contributed by atoms with Gasteiger partial charge in [0.05, 0.1) is 11.3 Å². The quantitative estimate of drug-likeness (QED) is 0.523. The van der Waals surface area contributed by atoms with E-state index in [1.807, 2.05) is 37.3 Å². The molecule has 0 saturated carbocycles. The van der Waals surface area contributed by atoms with E-state index in [9.17, 15) is 4.79 Å². The highest BCUT2D eigenvalue weighted by Crippen LogP contribution is 2.18. The van der Waals surface area contributed by atoms with Crippen LogP contribution in [0.15, 0.2) is 47.1 Å². The van der Waals surface area contributed by atoms with Gasteiger partial charge >= 0.3 is 5.97 Å². The number of hydrogen-bond donors (Lipinski definition) is 0. The lowest BCUT2D eigenvalue weighted by atomic mass is 10.2. The normalized spacial score (nSPS) is 11.0. The van der Waals surface area contributed by atoms with Gasteiger partial charge in [0.25, 0.3) is 5.89 Å². The molecule has 0 radical (unpaired) electrons. The van der Waals surface area contributed by atoms with Crippen molar-refractivity contribution in [1.29, 1.82) is 0 Å². The molecule has 1 aromatic carbocycles. The molecule has 8 heteroatoms. The van der Waals surface area contributed by atoms with Crippen LogP contribution in [0.5, 0.6) is 0 Å². The molecule has 0 aliphatic carbocycles. The maximum absolute atomic E-state index is 12.3. The highest BCUT2D eigenvalue weighted by Gasteiger charge is 2.15. The van der Waals surface area contributed by atoms with Crippen molar-refractivity contribution in [3.63, 3.8) is 0 Å². The van der Waals surface area contributed by atoms with Crippen LogP contribution < -0.4 is 0 Å². The van der Waals surface area contributed by atoms with Gasteiger partial charge in [0, 0.05) is 24.2 Å². The summed E-state index contributed by atoms with van der Waals surface area (Å²) in [6, 6.07) is 11.1. The Labute approximate surface area is 148 Å². The van der Waals surface area contributed by atoms with Gasteiger partial charge in [-0.25, -0.2) is 9.78 Å². The number of ether oxygens (including phenoxy) is 1. The molecule has 0 aliphatic heterocycles. The number of esters is 1. The topological polar surface area (TPSA) is 95.9 Å². The second-order valence-corrected chi connectivity index (χ2v) is 5.76. The molecular weight excluding hydrogens is 334 g/mol. The summed E-state index contributed by atoms with van der Waals surface area (Å²) in [7, 11) is 1.81. The van der Waals surface area contributed by atoms with E-state index in [0.717, 1.165) is 16.6 Å². The van der Waals surface area contributed by atoms with Crippen molar-refractivity contribution < 1.29 is 14.1 Å². The van der Waals surface area contributed by atoms with Crippen molar-refractivity contribution >= 4 is 17.0 Å². The van der Waals surface area contributed by atoms with Crippen LogP contribution in [0.2, 0.25) is 0 Å². The Hall–Kier alpha value is -3.55. The average Bonchev–Trinajstić information content (AvgIpc) is 3.25. The van der Waals surface area contributed by atoms with Crippen molar-refractivity contribution in [2.45, 2.75) is 13.5 Å². The Morgan fingerprint density at radius 1 is 1.27 bits per heavy atom. The summed E-state index contributed by atoms with van der Waals surface area (Å²) >= 11 is 0. The van der Waals surface area contributed by atoms with E-state index in [1.54, 1.807) is 17.8 Å². The molecule has 0 spiro atoms. The fourth-order valence-electron chi connectivity index (χ4n) is 2.65. The third kappa shape index (κ3) is 2.92. The number of pyridine rings is 1. The third-order valence-electron chi connectivity index (χ3n) is 3.93. The summed E-state index contributed by atoms with van der Waals surface area (Å²) in [5, 5.41) is 8.99. The van der Waals surface area contributed by atoms with Crippen molar-refractivity contribution in [3.8, 4) is 11.4 Å². The van der Waals surface area contributed by atoms with Crippen molar-refractivity contribution in [3.05, 3.63) is 59.7 Å². The molecule has 0 aliphatic rings. The van der Waals surface area contributed by atoms with Gasteiger partial charge in [-0.15, -0.1) is 0 Å². The minimum Gasteiger partial charge on any atom is -0.452 e. The zero-order chi connectivity index (χ0) is 18.1. The van der Waals surface area contributed by atoms with Gasteiger partial charge in [-0.05, 0) is 13.0 Å². The van der Waals surface area contributed by atoms with Crippen LogP contribution >= 0.6 is 0 Å². The smallest absolute Gasteiger partial charge is 0.340 e. The summed E-state index contributed by atoms with van der Waals surface area (Å²) in [5.74, 6) is 0.164. The van der Waals surface area contributed by atoms with Crippen LogP contribution in [0.1, 0.15) is 21.9 Å². The van der Waals surface area contributed by atoms with Gasteiger partial charge < -0.3 is 9.26 Å². The summed E-state index contributed by atoms with van der Waals surface area (Å²) in [6.07, 6.45) is 1.47. The second kappa shape index (κ2) is 6.40. The Bertz CT molecular complexity index is 1080. The number of fused-ring (bicyclic) bond motifs is 1. The Kier molecular flexibility index (Phi) is 3.92. The second-order valence-electron chi connectivity index (χ2n) is 5.76. The molecule has 3 heterocycles. The molecule has 0 bridgehead atoms. The van der Waals surface area contributed by atoms with Crippen LogP contribution in [-0.4, -0.2) is 30.9 Å². The van der Waals surface area contributed by atoms with E-state index < -0.39 is 5.97 Å². The lowest BCUT2D eigenvalue weighted by molar-refractivity contribution is 0.0429. The fraction of sp³-hybridized carbons (Fsp3) is 0.167. The molecule has 0 atom stereocenters. The van der Waals surface area contributed by atoms with E-state index in [4.69, 9.17) is 9.26 Å². The molecule has 26 heavy (non-hydrogen) atoms. The summed E-state index contributed by atoms with van der Waals surface area (Å²) in [6.45, 7) is 1.76. The zero-order valence-electron chi connectivity index (χ0n) is 14.2. The molecule has 130 valence electrons. The number of hydrogen-bond acceptors (Lipinski definition) is 7. The molecule has 0 saturated heterocycles. The van der Waals surface area contributed by atoms with Crippen molar-refractivity contribution in [1.82, 2.24) is 24.9 Å². The van der Waals surface area contributed by atoms with Gasteiger partial charge in [-0.2, -0.15) is 10.1 Å². The lowest BCUT2D eigenvalue weighted by Crippen LogP contribution is -2.06. The number of nitrogens with zero attached hydrogens (tertiary/aromatic N) is 5. The predicted octanol–water partition coefficient (Wildman–Crippen LogP) is 2.68. The number of carbonyl (C=O) groups excluding carboxylic acids is 1. The first-order valence-corrected chi connectivity index (χ1v) is 7.96. The van der Waals surface area contributed by atoms with Crippen LogP contribution in [0, 0.1) is 6.92 Å². The van der Waals surface area contributed by atoms with Gasteiger partial charge in [-0.3, -0.25) is 4.68 Å². The standard InChI is InChI=1S/C18H15N5O3/c1-11-14-8-13(9-19-17(14)23(2)21-11)18(24)25-10-15-20-16(22-26-15)12-6-4-3-5-7-12/h3-9H,10H2,1-2H3. The van der Waals surface area contributed by atoms with E-state index >= 15 is 0 Å². The monoisotopic (exact) mass is 349 g/mol. The fourth-order valence-corrected chi connectivity index (χ4v) is 2.65. The summed E-state index contributed by atoms with van der Waals surface area (Å²) in [5.41, 5.74) is 2.68. The molecule has 0 unspecified atom stereocenters. The molecule has 8 nitrogen and oxygen atoms in total. The van der Waals surface area contributed by atoms with Gasteiger partial charge in [0.1, 0.15) is 0 Å². The Morgan fingerprint density at radius 3 is 2.88 bits per heavy atom. The minimum atomic E-state index is -0.512. The minimum absolute atomic E-state index is 0.108. The number of aryl methyl sites for hydroxylation is 2. The molecule has 4 aromatic rings. The summed E-state index contributed by atoms with van der Waals surface area (Å²) < 4.78 is 12.1. The molecule has 4 rings (SSSR count). The molecular formula is C18H15N5O3. The molecule has 0 amide bonds. The first-order chi connectivity index (χ1) is 12.6. The first kappa shape index (κ1) is 15.9. The van der Waals surface area contributed by atoms with Gasteiger partial charge in [0.15, 0.2) is 12.3 Å². The van der Waals surface area contributed by atoms with Crippen LogP contribution in [0.3, 0.4) is 0 Å². The van der Waals surface area contributed by atoms with Crippen molar-refractivity contribution in [2.75, 3.05) is 0 Å². The number of aromatic nitrogens is 5. The van der Waals surface area contributed by atoms with E-state index in [1.165, 1.54) is 6.20 Å². The highest BCUT2D eigenvalue weighted by molar-refractivity contribution is 5.93. The molecule has 0 fully saturated rings. The first-order valence-electron chi connectivity index (χ1n) is 7.96. The van der Waals surface area contributed by atoms with Crippen molar-refractivity contribution in [2.24, 2.45) is 7.05 Å². The molecule has 0 N–H and O–H groups in total. The predicted molar refractivity (Wildman–Crippen MR) is 92.1 cm³/mol. The van der Waals surface area contributed by atoms with Gasteiger partial charge in [0.2, 0.25) is 5.82 Å². The van der Waals surface area contributed by atoms with Crippen LogP contribution in [0.25, 0.3) is 22.4 Å². The lowest BCUT2D eigenvalue weighted by Gasteiger charge is -2.02. The SMILES string of the molecule is Cc1nn(C)c2ncc(C(=O)OCc3nc(-c4ccccc4)no3)cc12. The van der Waals surface area contributed by atoms with E-state index in [2.05, 4.69) is 20.2 Å². The Morgan fingerprint density at radius 2 is 2.08 bits per heavy atom. The maximum atomic E-state index is 12.3. The summed E-state index contributed by atoms with van der Waals surface area (Å²) in [4.78, 5) is 20.8.